The number of aromatic nitrogens is 4. The van der Waals surface area contributed by atoms with Crippen LogP contribution in [0.15, 0.2) is 28.9 Å². The molecule has 9 heteroatoms. The lowest BCUT2D eigenvalue weighted by Crippen LogP contribution is -2.42. The first-order valence-electron chi connectivity index (χ1n) is 6.93. The van der Waals surface area contributed by atoms with Crippen molar-refractivity contribution in [3.63, 3.8) is 0 Å². The van der Waals surface area contributed by atoms with E-state index in [-0.39, 0.29) is 0 Å². The molecule has 0 aromatic carbocycles. The average Bonchev–Trinajstić information content (AvgIpc) is 3.17. The molecule has 0 amide bonds. The summed E-state index contributed by atoms with van der Waals surface area (Å²) in [6.45, 7) is 3.84. The molecule has 4 rings (SSSR count). The van der Waals surface area contributed by atoms with Gasteiger partial charge in [0.15, 0.2) is 11.4 Å². The first kappa shape index (κ1) is 13.8. The van der Waals surface area contributed by atoms with Gasteiger partial charge in [-0.15, -0.1) is 5.10 Å². The number of rotatable bonds is 2. The summed E-state index contributed by atoms with van der Waals surface area (Å²) < 4.78 is 9.13. The third-order valence-electron chi connectivity index (χ3n) is 3.63. The highest BCUT2D eigenvalue weighted by molar-refractivity contribution is 14.1. The lowest BCUT2D eigenvalue weighted by Gasteiger charge is -2.32. The molecular weight excluding hydrogens is 397 g/mol. The zero-order chi connectivity index (χ0) is 15.1. The Morgan fingerprint density at radius 2 is 2.00 bits per heavy atom. The van der Waals surface area contributed by atoms with Crippen molar-refractivity contribution in [3.8, 4) is 11.6 Å². The third-order valence-corrected chi connectivity index (χ3v) is 4.59. The maximum absolute atomic E-state index is 6.04. The number of anilines is 2. The number of nitrogen functional groups attached to an aromatic ring is 1. The molecule has 22 heavy (non-hydrogen) atoms. The molecule has 1 aliphatic heterocycles. The van der Waals surface area contributed by atoms with Crippen LogP contribution in [0.2, 0.25) is 0 Å². The predicted octanol–water partition coefficient (Wildman–Crippen LogP) is 1.44. The van der Waals surface area contributed by atoms with Crippen LogP contribution in [-0.4, -0.2) is 48.9 Å². The van der Waals surface area contributed by atoms with E-state index < -0.39 is 0 Å². The first-order valence-corrected chi connectivity index (χ1v) is 7.90. The molecule has 8 nitrogen and oxygen atoms in total. The highest BCUT2D eigenvalue weighted by Gasteiger charge is 2.19. The van der Waals surface area contributed by atoms with Crippen LogP contribution in [0, 0.1) is 0 Å². The van der Waals surface area contributed by atoms with Crippen LogP contribution in [0.5, 0.6) is 0 Å². The minimum Gasteiger partial charge on any atom is -0.461 e. The molecule has 1 aliphatic rings. The second-order valence-corrected chi connectivity index (χ2v) is 6.42. The summed E-state index contributed by atoms with van der Waals surface area (Å²) in [6.07, 6.45) is 1.59. The molecule has 2 N–H and O–H groups in total. The summed E-state index contributed by atoms with van der Waals surface area (Å²) in [4.78, 5) is 11.2. The molecule has 0 saturated carbocycles. The molecule has 114 valence electrons. The van der Waals surface area contributed by atoms with Gasteiger partial charge in [0.1, 0.15) is 5.82 Å². The number of nitrogens with zero attached hydrogens (tertiary/aromatic N) is 6. The number of piperazine rings is 1. The van der Waals surface area contributed by atoms with Gasteiger partial charge in [0.2, 0.25) is 11.8 Å². The van der Waals surface area contributed by atoms with Gasteiger partial charge < -0.3 is 15.1 Å². The summed E-state index contributed by atoms with van der Waals surface area (Å²) in [5, 5.41) is 4.35. The van der Waals surface area contributed by atoms with Crippen molar-refractivity contribution in [2.45, 2.75) is 0 Å². The molecule has 3 aromatic rings. The van der Waals surface area contributed by atoms with Crippen molar-refractivity contribution in [1.82, 2.24) is 22.7 Å². The second kappa shape index (κ2) is 5.39. The Hall–Kier alpha value is -1.88. The Balaban J connectivity index is 1.73. The van der Waals surface area contributed by atoms with E-state index in [2.05, 4.69) is 45.9 Å². The van der Waals surface area contributed by atoms with E-state index in [0.717, 1.165) is 32.0 Å². The van der Waals surface area contributed by atoms with Gasteiger partial charge in [0.25, 0.3) is 0 Å². The SMILES string of the molecule is Nc1nc(N2CCN(I)CC2)cc2nc(-c3ccco3)nn12. The zero-order valence-electron chi connectivity index (χ0n) is 11.7. The number of hydrogen-bond donors (Lipinski definition) is 1. The van der Waals surface area contributed by atoms with E-state index in [9.17, 15) is 0 Å². The fraction of sp³-hybridized carbons (Fsp3) is 0.308. The van der Waals surface area contributed by atoms with Gasteiger partial charge in [-0.25, -0.2) is 8.10 Å². The molecule has 1 fully saturated rings. The summed E-state index contributed by atoms with van der Waals surface area (Å²) in [5.74, 6) is 2.29. The van der Waals surface area contributed by atoms with Crippen LogP contribution in [-0.2, 0) is 0 Å². The molecule has 0 atom stereocenters. The van der Waals surface area contributed by atoms with E-state index in [4.69, 9.17) is 10.2 Å². The second-order valence-electron chi connectivity index (χ2n) is 5.05. The van der Waals surface area contributed by atoms with E-state index in [0.29, 0.717) is 23.2 Å². The van der Waals surface area contributed by atoms with Gasteiger partial charge in [0, 0.05) is 55.1 Å². The molecular formula is C13H14IN7O. The first-order chi connectivity index (χ1) is 10.7. The van der Waals surface area contributed by atoms with Gasteiger partial charge in [-0.05, 0) is 12.1 Å². The zero-order valence-corrected chi connectivity index (χ0v) is 13.8. The Morgan fingerprint density at radius 3 is 2.73 bits per heavy atom. The van der Waals surface area contributed by atoms with Crippen molar-refractivity contribution < 1.29 is 4.42 Å². The Bertz CT molecular complexity index is 792. The van der Waals surface area contributed by atoms with Crippen molar-refractivity contribution in [3.05, 3.63) is 24.5 Å². The summed E-state index contributed by atoms with van der Waals surface area (Å²) in [6, 6.07) is 5.54. The van der Waals surface area contributed by atoms with Crippen LogP contribution in [0.25, 0.3) is 17.2 Å². The molecule has 3 aromatic heterocycles. The number of hydrogen-bond acceptors (Lipinski definition) is 7. The van der Waals surface area contributed by atoms with Crippen molar-refractivity contribution >= 4 is 40.3 Å². The van der Waals surface area contributed by atoms with Crippen molar-refractivity contribution in [2.24, 2.45) is 0 Å². The van der Waals surface area contributed by atoms with Crippen LogP contribution >= 0.6 is 22.9 Å². The van der Waals surface area contributed by atoms with Gasteiger partial charge in [0.05, 0.1) is 6.26 Å². The molecule has 0 unspecified atom stereocenters. The maximum Gasteiger partial charge on any atom is 0.225 e. The number of furan rings is 1. The molecule has 0 bridgehead atoms. The molecule has 1 saturated heterocycles. The minimum atomic E-state index is 0.328. The van der Waals surface area contributed by atoms with E-state index in [1.807, 2.05) is 12.1 Å². The number of halogens is 1. The minimum absolute atomic E-state index is 0.328. The Morgan fingerprint density at radius 1 is 1.18 bits per heavy atom. The van der Waals surface area contributed by atoms with Crippen molar-refractivity contribution in [1.29, 1.82) is 0 Å². The van der Waals surface area contributed by atoms with Gasteiger partial charge in [-0.1, -0.05) is 0 Å². The molecule has 0 radical (unpaired) electrons. The highest BCUT2D eigenvalue weighted by atomic mass is 127. The van der Waals surface area contributed by atoms with Crippen LogP contribution in [0.3, 0.4) is 0 Å². The van der Waals surface area contributed by atoms with Crippen molar-refractivity contribution in [2.75, 3.05) is 36.8 Å². The summed E-state index contributed by atoms with van der Waals surface area (Å²) >= 11 is 2.34. The van der Waals surface area contributed by atoms with Crippen LogP contribution in [0.4, 0.5) is 11.8 Å². The predicted molar refractivity (Wildman–Crippen MR) is 90.7 cm³/mol. The lowest BCUT2D eigenvalue weighted by molar-refractivity contribution is 0.458. The smallest absolute Gasteiger partial charge is 0.225 e. The highest BCUT2D eigenvalue weighted by Crippen LogP contribution is 2.22. The van der Waals surface area contributed by atoms with Gasteiger partial charge >= 0.3 is 0 Å². The molecule has 0 spiro atoms. The normalized spacial score (nSPS) is 16.5. The Labute approximate surface area is 140 Å². The maximum atomic E-state index is 6.04. The summed E-state index contributed by atoms with van der Waals surface area (Å²) in [5.41, 5.74) is 6.71. The third kappa shape index (κ3) is 2.39. The quantitative estimate of drug-likeness (QED) is 0.504. The molecule has 4 heterocycles. The monoisotopic (exact) mass is 411 g/mol. The molecule has 0 aliphatic carbocycles. The van der Waals surface area contributed by atoms with E-state index in [1.54, 1.807) is 12.3 Å². The van der Waals surface area contributed by atoms with Crippen LogP contribution in [0.1, 0.15) is 0 Å². The van der Waals surface area contributed by atoms with Crippen LogP contribution < -0.4 is 10.6 Å². The Kier molecular flexibility index (Phi) is 3.37. The average molecular weight is 411 g/mol. The fourth-order valence-corrected chi connectivity index (χ4v) is 2.91. The lowest BCUT2D eigenvalue weighted by atomic mass is 10.3. The topological polar surface area (TPSA) is 88.7 Å². The van der Waals surface area contributed by atoms with Gasteiger partial charge in [-0.3, -0.25) is 0 Å². The van der Waals surface area contributed by atoms with E-state index >= 15 is 0 Å². The number of nitrogens with two attached hydrogens (primary N) is 1. The summed E-state index contributed by atoms with van der Waals surface area (Å²) in [7, 11) is 0. The van der Waals surface area contributed by atoms with Gasteiger partial charge in [-0.2, -0.15) is 9.50 Å². The standard InChI is InChI=1S/C13H14IN7O/c14-20-5-3-19(4-6-20)10-8-11-16-12(9-2-1-7-22-9)18-21(11)13(15)17-10/h1-2,7-8H,3-6H2,(H2,15,17). The largest absolute Gasteiger partial charge is 0.461 e. The van der Waals surface area contributed by atoms with E-state index in [1.165, 1.54) is 4.52 Å². The number of fused-ring (bicyclic) bond motifs is 1. The fourth-order valence-electron chi connectivity index (χ4n) is 2.48.